The van der Waals surface area contributed by atoms with Crippen molar-refractivity contribution in [1.29, 1.82) is 0 Å². The second kappa shape index (κ2) is 16.0. The van der Waals surface area contributed by atoms with Gasteiger partial charge in [-0.15, -0.1) is 37.2 Å². The molecule has 1 aliphatic rings. The summed E-state index contributed by atoms with van der Waals surface area (Å²) >= 11 is -3.14. The van der Waals surface area contributed by atoms with E-state index in [4.69, 9.17) is 0 Å². The van der Waals surface area contributed by atoms with Gasteiger partial charge >= 0.3 is 144 Å². The van der Waals surface area contributed by atoms with Crippen LogP contribution in [0.5, 0.6) is 0 Å². The summed E-state index contributed by atoms with van der Waals surface area (Å²) in [4.78, 5) is 12.4. The summed E-state index contributed by atoms with van der Waals surface area (Å²) in [6, 6.07) is 0. The molecule has 0 saturated carbocycles. The van der Waals surface area contributed by atoms with Gasteiger partial charge in [-0.05, 0) is 0 Å². The molecule has 0 spiro atoms. The van der Waals surface area contributed by atoms with Crippen LogP contribution in [0.25, 0.3) is 0 Å². The quantitative estimate of drug-likeness (QED) is 0.539. The van der Waals surface area contributed by atoms with Gasteiger partial charge in [0.1, 0.15) is 0 Å². The van der Waals surface area contributed by atoms with E-state index in [2.05, 4.69) is 35.0 Å². The normalized spacial score (nSPS) is 21.0. The Hall–Kier alpha value is 1.09. The maximum atomic E-state index is 12.4. The number of nitrogens with zero attached hydrogens (tertiary/aromatic N) is 1. The van der Waals surface area contributed by atoms with Crippen molar-refractivity contribution in [1.82, 2.24) is 19.3 Å². The third-order valence-corrected chi connectivity index (χ3v) is 13.2. The fourth-order valence-electron chi connectivity index (χ4n) is 2.96. The van der Waals surface area contributed by atoms with Gasteiger partial charge in [-0.1, -0.05) is 0 Å². The molecule has 9 heteroatoms. The maximum absolute atomic E-state index is 12.4. The first kappa shape index (κ1) is 31.8. The van der Waals surface area contributed by atoms with Crippen LogP contribution in [-0.2, 0) is 20.4 Å². The van der Waals surface area contributed by atoms with Gasteiger partial charge in [-0.25, -0.2) is 0 Å². The molecular weight excluding hydrogens is 430 g/mol. The van der Waals surface area contributed by atoms with Gasteiger partial charge < -0.3 is 0 Å². The number of nitrogens with one attached hydrogen (secondary N) is 3. The minimum atomic E-state index is -3.14. The predicted octanol–water partition coefficient (Wildman–Crippen LogP) is 3.19. The monoisotopic (exact) mass is 471 g/mol. The molecule has 161 valence electrons. The average molecular weight is 473 g/mol. The number of rotatable bonds is 2. The van der Waals surface area contributed by atoms with Gasteiger partial charge in [0, 0.05) is 0 Å². The predicted molar refractivity (Wildman–Crippen MR) is 119 cm³/mol. The molecule has 0 aromatic rings. The van der Waals surface area contributed by atoms with Crippen molar-refractivity contribution in [2.24, 2.45) is 0 Å². The first-order valence-electron chi connectivity index (χ1n) is 9.43. The van der Waals surface area contributed by atoms with Gasteiger partial charge in [0.15, 0.2) is 0 Å². The molecule has 0 atom stereocenters. The molecule has 0 amide bonds. The Morgan fingerprint density at radius 2 is 1.00 bits per heavy atom. The third-order valence-electron chi connectivity index (χ3n) is 5.30. The van der Waals surface area contributed by atoms with Crippen LogP contribution in [0.4, 0.5) is 0 Å². The topological polar surface area (TPSA) is 56.4 Å². The van der Waals surface area contributed by atoms with E-state index in [9.17, 15) is 4.79 Å². The third kappa shape index (κ3) is 11.8. The summed E-state index contributed by atoms with van der Waals surface area (Å²) in [6.07, 6.45) is 4.62. The molecule has 26 heavy (non-hydrogen) atoms. The summed E-state index contributed by atoms with van der Waals surface area (Å²) in [5.74, 6) is 0. The standard InChI is InChI=1S/C12H27N4.C2H3O.3CH3.3ClH.Ti/c1-5-13-7-2-9-15-11-4-12-16-10-3-8-14-6-1;1-2-3;;;;;;;/h13-15H,1-12H2;1H3;3*1H3;3*1H;/q-1;;;;;;;;+1. The van der Waals surface area contributed by atoms with E-state index in [0.29, 0.717) is 4.09 Å². The first-order valence-corrected chi connectivity index (χ1v) is 15.6. The van der Waals surface area contributed by atoms with E-state index in [-0.39, 0.29) is 37.2 Å². The Balaban J connectivity index is -0.00000176. The smallest absolute Gasteiger partial charge is 0.147 e. The molecular formula is C17H42Cl3N4OTi. The van der Waals surface area contributed by atoms with Crippen LogP contribution in [0.15, 0.2) is 0 Å². The average Bonchev–Trinajstić information content (AvgIpc) is 2.46. The van der Waals surface area contributed by atoms with Crippen LogP contribution in [0.2, 0.25) is 15.7 Å². The number of hydrogen-bond donors (Lipinski definition) is 3. The van der Waals surface area contributed by atoms with E-state index in [1.807, 2.05) is 0 Å². The molecule has 5 nitrogen and oxygen atoms in total. The Bertz CT molecular complexity index is 352. The van der Waals surface area contributed by atoms with Crippen LogP contribution in [0, 0.1) is 0 Å². The van der Waals surface area contributed by atoms with Gasteiger partial charge in [0.2, 0.25) is 0 Å². The molecule has 0 bridgehead atoms. The van der Waals surface area contributed by atoms with Crippen molar-refractivity contribution < 1.29 is 20.4 Å². The molecule has 0 aromatic carbocycles. The molecule has 0 radical (unpaired) electrons. The Morgan fingerprint density at radius 1 is 0.692 bits per heavy atom. The Kier molecular flexibility index (Phi) is 19.5. The van der Waals surface area contributed by atoms with Gasteiger partial charge in [-0.3, -0.25) is 0 Å². The van der Waals surface area contributed by atoms with Gasteiger partial charge in [0.25, 0.3) is 0 Å². The second-order valence-electron chi connectivity index (χ2n) is 8.24. The molecule has 0 aliphatic carbocycles. The molecule has 1 saturated heterocycles. The number of carbonyl (C=O) groups is 1. The summed E-state index contributed by atoms with van der Waals surface area (Å²) < 4.78 is 3.00. The van der Waals surface area contributed by atoms with Gasteiger partial charge in [0.05, 0.1) is 0 Å². The van der Waals surface area contributed by atoms with Crippen molar-refractivity contribution in [2.45, 2.75) is 48.3 Å². The van der Waals surface area contributed by atoms with Crippen molar-refractivity contribution in [3.05, 3.63) is 0 Å². The number of carbonyl (C=O) groups excluding carboxylic acids is 1. The molecule has 1 aliphatic heterocycles. The van der Waals surface area contributed by atoms with Crippen LogP contribution >= 0.6 is 37.2 Å². The van der Waals surface area contributed by atoms with E-state index >= 15 is 0 Å². The number of halogens is 3. The van der Waals surface area contributed by atoms with Crippen molar-refractivity contribution in [2.75, 3.05) is 52.4 Å². The van der Waals surface area contributed by atoms with Crippen molar-refractivity contribution in [3.8, 4) is 0 Å². The van der Waals surface area contributed by atoms with Crippen molar-refractivity contribution in [3.63, 3.8) is 0 Å². The first-order chi connectivity index (χ1) is 10.8. The van der Waals surface area contributed by atoms with Gasteiger partial charge in [-0.2, -0.15) is 0 Å². The minimum absolute atomic E-state index is 0. The Labute approximate surface area is 181 Å². The summed E-state index contributed by atoms with van der Waals surface area (Å²) in [7, 11) is 0. The largest absolute Gasteiger partial charge is 0.147 e. The van der Waals surface area contributed by atoms with E-state index in [1.54, 1.807) is 6.92 Å². The SMILES string of the molecule is C[C](=O)[Ti]([CH3])([CH3])([CH3])[N]1CCCNCCCNCCCNCCC1.Cl.Cl.Cl. The zero-order valence-corrected chi connectivity index (χ0v) is 21.1. The molecule has 1 heterocycles. The summed E-state index contributed by atoms with van der Waals surface area (Å²) in [5.41, 5.74) is 0. The van der Waals surface area contributed by atoms with Crippen molar-refractivity contribution >= 4 is 41.3 Å². The molecule has 0 aromatic heterocycles. The van der Waals surface area contributed by atoms with E-state index in [0.717, 1.165) is 65.2 Å². The maximum Gasteiger partial charge on any atom is -0.147 e. The van der Waals surface area contributed by atoms with Crippen LogP contribution in [-0.4, -0.2) is 59.8 Å². The zero-order valence-electron chi connectivity index (χ0n) is 17.1. The fraction of sp³-hybridized carbons (Fsp3) is 0.941. The van der Waals surface area contributed by atoms with Crippen LogP contribution < -0.4 is 16.0 Å². The van der Waals surface area contributed by atoms with Crippen LogP contribution in [0.3, 0.4) is 0 Å². The second-order valence-corrected chi connectivity index (χ2v) is 19.8. The summed E-state index contributed by atoms with van der Waals surface area (Å²) in [5, 5.41) is 17.4. The fourth-order valence-corrected chi connectivity index (χ4v) is 6.59. The van der Waals surface area contributed by atoms with E-state index < -0.39 is 15.6 Å². The van der Waals surface area contributed by atoms with Crippen LogP contribution in [0.1, 0.15) is 32.6 Å². The molecule has 1 rings (SSSR count). The zero-order chi connectivity index (χ0) is 17.2. The van der Waals surface area contributed by atoms with E-state index in [1.165, 1.54) is 12.8 Å². The molecule has 3 N–H and O–H groups in total. The summed E-state index contributed by atoms with van der Waals surface area (Å²) in [6.45, 7) is 10.4. The molecule has 0 unspecified atom stereocenters. The Morgan fingerprint density at radius 3 is 1.31 bits per heavy atom. The molecule has 1 fully saturated rings. The number of hydrogen-bond acceptors (Lipinski definition) is 5. The minimum Gasteiger partial charge on any atom is -0.147 e.